The van der Waals surface area contributed by atoms with Crippen molar-refractivity contribution in [1.82, 2.24) is 0 Å². The summed E-state index contributed by atoms with van der Waals surface area (Å²) < 4.78 is 26.9. The van der Waals surface area contributed by atoms with E-state index in [2.05, 4.69) is 31.9 Å². The fraction of sp³-hybridized carbons (Fsp3) is 0.308. The molecule has 0 atom stereocenters. The van der Waals surface area contributed by atoms with Gasteiger partial charge in [-0.15, -0.1) is 0 Å². The highest BCUT2D eigenvalue weighted by Crippen LogP contribution is 2.49. The Labute approximate surface area is 208 Å². The third-order valence-corrected chi connectivity index (χ3v) is 7.44. The van der Waals surface area contributed by atoms with Crippen LogP contribution in [0, 0.1) is 5.82 Å². The van der Waals surface area contributed by atoms with E-state index in [0.29, 0.717) is 68.6 Å². The van der Waals surface area contributed by atoms with Crippen molar-refractivity contribution in [2.75, 3.05) is 0 Å². The summed E-state index contributed by atoms with van der Waals surface area (Å²) in [7, 11) is 0. The van der Waals surface area contributed by atoms with E-state index in [-0.39, 0.29) is 24.0 Å². The maximum Gasteiger partial charge on any atom is 0.163 e. The summed E-state index contributed by atoms with van der Waals surface area (Å²) in [6, 6.07) is 10.1. The molecule has 0 amide bonds. The zero-order chi connectivity index (χ0) is 23.1. The molecule has 33 heavy (non-hydrogen) atoms. The Morgan fingerprint density at radius 2 is 1.52 bits per heavy atom. The van der Waals surface area contributed by atoms with E-state index in [1.165, 1.54) is 12.1 Å². The van der Waals surface area contributed by atoms with Gasteiger partial charge in [0.25, 0.3) is 0 Å². The van der Waals surface area contributed by atoms with Crippen molar-refractivity contribution in [2.24, 2.45) is 0 Å². The van der Waals surface area contributed by atoms with Crippen LogP contribution >= 0.6 is 31.9 Å². The monoisotopic (exact) mass is 574 g/mol. The van der Waals surface area contributed by atoms with E-state index in [1.54, 1.807) is 12.1 Å². The Morgan fingerprint density at radius 3 is 2.09 bits per heavy atom. The first-order chi connectivity index (χ1) is 15.9. The molecule has 1 heterocycles. The summed E-state index contributed by atoms with van der Waals surface area (Å²) in [6.45, 7) is 0.202. The molecular weight excluding hydrogens is 555 g/mol. The van der Waals surface area contributed by atoms with Crippen LogP contribution in [0.5, 0.6) is 5.75 Å². The second-order valence-corrected chi connectivity index (χ2v) is 10.2. The molecule has 0 N–H and O–H groups in total. The van der Waals surface area contributed by atoms with Gasteiger partial charge in [0, 0.05) is 42.7 Å². The molecule has 0 bridgehead atoms. The molecule has 2 aromatic rings. The van der Waals surface area contributed by atoms with Gasteiger partial charge in [-0.2, -0.15) is 0 Å². The molecule has 7 heteroatoms. The number of hydrogen-bond acceptors (Lipinski definition) is 4. The van der Waals surface area contributed by atoms with Gasteiger partial charge in [0.05, 0.1) is 8.95 Å². The second-order valence-electron chi connectivity index (χ2n) is 8.49. The first kappa shape index (κ1) is 22.5. The Hall–Kier alpha value is -2.25. The highest BCUT2D eigenvalue weighted by Gasteiger charge is 2.42. The van der Waals surface area contributed by atoms with Gasteiger partial charge in [-0.25, -0.2) is 4.39 Å². The molecule has 0 radical (unpaired) electrons. The summed E-state index contributed by atoms with van der Waals surface area (Å²) in [5, 5.41) is 0. The van der Waals surface area contributed by atoms with Crippen molar-refractivity contribution in [3.63, 3.8) is 0 Å². The lowest BCUT2D eigenvalue weighted by Gasteiger charge is -2.36. The predicted octanol–water partition coefficient (Wildman–Crippen LogP) is 7.06. The van der Waals surface area contributed by atoms with Crippen molar-refractivity contribution in [1.29, 1.82) is 0 Å². The molecule has 0 fully saturated rings. The number of benzene rings is 2. The minimum atomic E-state index is -0.436. The van der Waals surface area contributed by atoms with Gasteiger partial charge in [0.1, 0.15) is 29.7 Å². The standard InChI is InChI=1S/C26H21Br2FO4/c27-17-11-15(12-18(28)26(17)32-13-14-4-1-5-16(29)10-14)23-24-19(30)6-2-8-21(24)33-22-9-3-7-20(31)25(22)23/h1,4-5,10-12,23H,2-3,6-9,13H2. The number of carbonyl (C=O) groups excluding carboxylic acids is 2. The number of hydrogen-bond donors (Lipinski definition) is 0. The average Bonchev–Trinajstić information content (AvgIpc) is 2.77. The number of ketones is 2. The molecule has 0 aromatic heterocycles. The van der Waals surface area contributed by atoms with E-state index in [9.17, 15) is 14.0 Å². The van der Waals surface area contributed by atoms with Crippen LogP contribution in [0.25, 0.3) is 0 Å². The van der Waals surface area contributed by atoms with Gasteiger partial charge in [-0.1, -0.05) is 12.1 Å². The number of allylic oxidation sites excluding steroid dienone is 4. The van der Waals surface area contributed by atoms with E-state index in [4.69, 9.17) is 9.47 Å². The van der Waals surface area contributed by atoms with Gasteiger partial charge < -0.3 is 9.47 Å². The van der Waals surface area contributed by atoms with Crippen LogP contribution in [-0.4, -0.2) is 11.6 Å². The van der Waals surface area contributed by atoms with E-state index in [0.717, 1.165) is 18.4 Å². The van der Waals surface area contributed by atoms with Crippen molar-refractivity contribution >= 4 is 43.4 Å². The summed E-state index contributed by atoms with van der Waals surface area (Å²) >= 11 is 7.19. The molecule has 0 spiro atoms. The Bertz CT molecular complexity index is 1170. The predicted molar refractivity (Wildman–Crippen MR) is 128 cm³/mol. The van der Waals surface area contributed by atoms with E-state index >= 15 is 0 Å². The largest absolute Gasteiger partial charge is 0.487 e. The van der Waals surface area contributed by atoms with Gasteiger partial charge in [-0.05, 0) is 80.1 Å². The zero-order valence-corrected chi connectivity index (χ0v) is 20.9. The molecular formula is C26H21Br2FO4. The SMILES string of the molecule is O=C1CCCC2=C1C(c1cc(Br)c(OCc3cccc(F)c3)c(Br)c1)C1=C(CCCC1=O)O2. The molecule has 0 saturated heterocycles. The quantitative estimate of drug-likeness (QED) is 0.392. The van der Waals surface area contributed by atoms with Crippen LogP contribution in [0.3, 0.4) is 0 Å². The molecule has 2 aliphatic carbocycles. The molecule has 4 nitrogen and oxygen atoms in total. The highest BCUT2D eigenvalue weighted by atomic mass is 79.9. The van der Waals surface area contributed by atoms with Crippen LogP contribution in [0.2, 0.25) is 0 Å². The molecule has 3 aliphatic rings. The number of Topliss-reactive ketones (excluding diaryl/α,β-unsaturated/α-hetero) is 2. The van der Waals surface area contributed by atoms with E-state index < -0.39 is 5.92 Å². The van der Waals surface area contributed by atoms with Gasteiger partial charge in [0.2, 0.25) is 0 Å². The lowest BCUT2D eigenvalue weighted by Crippen LogP contribution is -2.30. The van der Waals surface area contributed by atoms with Crippen LogP contribution in [0.1, 0.15) is 55.6 Å². The Morgan fingerprint density at radius 1 is 0.909 bits per heavy atom. The molecule has 1 aliphatic heterocycles. The van der Waals surface area contributed by atoms with Gasteiger partial charge >= 0.3 is 0 Å². The second kappa shape index (κ2) is 9.18. The van der Waals surface area contributed by atoms with Gasteiger partial charge in [-0.3, -0.25) is 9.59 Å². The molecule has 5 rings (SSSR count). The maximum atomic E-state index is 13.5. The van der Waals surface area contributed by atoms with Crippen molar-refractivity contribution in [3.8, 4) is 5.75 Å². The Kier molecular flexibility index (Phi) is 6.27. The fourth-order valence-corrected chi connectivity index (χ4v) is 6.27. The third-order valence-electron chi connectivity index (χ3n) is 6.27. The third kappa shape index (κ3) is 4.33. The minimum Gasteiger partial charge on any atom is -0.487 e. The number of ether oxygens (including phenoxy) is 2. The van der Waals surface area contributed by atoms with Gasteiger partial charge in [0.15, 0.2) is 11.6 Å². The average molecular weight is 576 g/mol. The molecule has 0 saturated carbocycles. The van der Waals surface area contributed by atoms with Crippen LogP contribution in [0.15, 0.2) is 68.0 Å². The first-order valence-corrected chi connectivity index (χ1v) is 12.6. The van der Waals surface area contributed by atoms with Crippen LogP contribution < -0.4 is 4.74 Å². The summed E-state index contributed by atoms with van der Waals surface area (Å²) in [4.78, 5) is 25.9. The lowest BCUT2D eigenvalue weighted by molar-refractivity contribution is -0.117. The lowest BCUT2D eigenvalue weighted by atomic mass is 9.73. The zero-order valence-electron chi connectivity index (χ0n) is 17.8. The summed E-state index contributed by atoms with van der Waals surface area (Å²) in [5.41, 5.74) is 2.78. The number of rotatable bonds is 4. The van der Waals surface area contributed by atoms with Crippen LogP contribution in [-0.2, 0) is 20.9 Å². The number of carbonyl (C=O) groups is 2. The normalized spacial score (nSPS) is 18.8. The van der Waals surface area contributed by atoms with Crippen molar-refractivity contribution < 1.29 is 23.5 Å². The molecule has 170 valence electrons. The Balaban J connectivity index is 1.53. The highest BCUT2D eigenvalue weighted by molar-refractivity contribution is 9.11. The first-order valence-electron chi connectivity index (χ1n) is 11.0. The van der Waals surface area contributed by atoms with E-state index in [1.807, 2.05) is 12.1 Å². The topological polar surface area (TPSA) is 52.6 Å². The van der Waals surface area contributed by atoms with Crippen molar-refractivity contribution in [3.05, 3.63) is 85.0 Å². The number of halogens is 3. The molecule has 2 aromatic carbocycles. The fourth-order valence-electron chi connectivity index (χ4n) is 4.82. The minimum absolute atomic E-state index is 0.0462. The molecule has 0 unspecified atom stereocenters. The summed E-state index contributed by atoms with van der Waals surface area (Å²) in [6.07, 6.45) is 3.88. The maximum absolute atomic E-state index is 13.5. The van der Waals surface area contributed by atoms with Crippen molar-refractivity contribution in [2.45, 2.75) is 51.0 Å². The summed E-state index contributed by atoms with van der Waals surface area (Å²) in [5.74, 6) is 1.34. The van der Waals surface area contributed by atoms with Crippen LogP contribution in [0.4, 0.5) is 4.39 Å². The smallest absolute Gasteiger partial charge is 0.163 e.